The Kier molecular flexibility index (Phi) is 7.90. The summed E-state index contributed by atoms with van der Waals surface area (Å²) in [5.74, 6) is -2.39. The number of thiophene rings is 1. The van der Waals surface area contributed by atoms with E-state index >= 15 is 0 Å². The third kappa shape index (κ3) is 5.29. The molecule has 3 unspecified atom stereocenters. The molecule has 1 aliphatic heterocycles. The second kappa shape index (κ2) is 10.9. The highest BCUT2D eigenvalue weighted by atomic mass is 35.5. The van der Waals surface area contributed by atoms with Crippen LogP contribution in [0.5, 0.6) is 0 Å². The molecule has 182 valence electrons. The van der Waals surface area contributed by atoms with Crippen molar-refractivity contribution in [1.29, 1.82) is 0 Å². The highest BCUT2D eigenvalue weighted by molar-refractivity contribution is 7.17. The van der Waals surface area contributed by atoms with Gasteiger partial charge in [-0.1, -0.05) is 19.3 Å². The van der Waals surface area contributed by atoms with E-state index in [4.69, 9.17) is 11.6 Å². The summed E-state index contributed by atoms with van der Waals surface area (Å²) in [5, 5.41) is 11.7. The number of alkyl halides is 1. The molecule has 0 aromatic carbocycles. The first-order valence-electron chi connectivity index (χ1n) is 11.3. The van der Waals surface area contributed by atoms with Gasteiger partial charge in [-0.15, -0.1) is 22.9 Å². The number of ketones is 1. The van der Waals surface area contributed by atoms with Gasteiger partial charge in [0.25, 0.3) is 5.91 Å². The molecule has 4 rings (SSSR count). The molecule has 2 aliphatic rings. The number of halogens is 2. The molecule has 1 saturated carbocycles. The minimum Gasteiger partial charge on any atom is -0.389 e. The van der Waals surface area contributed by atoms with E-state index in [1.165, 1.54) is 29.7 Å². The van der Waals surface area contributed by atoms with Crippen molar-refractivity contribution < 1.29 is 23.9 Å². The van der Waals surface area contributed by atoms with Gasteiger partial charge in [-0.2, -0.15) is 0 Å². The quantitative estimate of drug-likeness (QED) is 0.556. The summed E-state index contributed by atoms with van der Waals surface area (Å²) >= 11 is 7.21. The van der Waals surface area contributed by atoms with Crippen LogP contribution >= 0.6 is 22.9 Å². The van der Waals surface area contributed by atoms with Gasteiger partial charge < -0.3 is 15.3 Å². The number of nitrogens with one attached hydrogen (secondary N) is 1. The fourth-order valence-electron chi connectivity index (χ4n) is 4.77. The molecule has 11 heteroatoms. The maximum absolute atomic E-state index is 14.7. The molecule has 0 bridgehead atoms. The number of Topliss-reactive ketones (excluding diaryl/α,β-unsaturated/α-hetero) is 1. The van der Waals surface area contributed by atoms with E-state index in [0.717, 1.165) is 43.4 Å². The van der Waals surface area contributed by atoms with Crippen molar-refractivity contribution in [2.75, 3.05) is 13.2 Å². The summed E-state index contributed by atoms with van der Waals surface area (Å²) in [6.45, 7) is -0.535. The Morgan fingerprint density at radius 2 is 1.94 bits per heavy atom. The highest BCUT2D eigenvalue weighted by Gasteiger charge is 2.43. The van der Waals surface area contributed by atoms with Crippen molar-refractivity contribution in [3.8, 4) is 10.4 Å². The van der Waals surface area contributed by atoms with Crippen LogP contribution in [-0.4, -0.2) is 68.2 Å². The van der Waals surface area contributed by atoms with Gasteiger partial charge in [0.05, 0.1) is 11.4 Å². The average Bonchev–Trinajstić information content (AvgIpc) is 3.45. The third-order valence-electron chi connectivity index (χ3n) is 6.47. The molecule has 1 saturated heterocycles. The Labute approximate surface area is 205 Å². The van der Waals surface area contributed by atoms with Gasteiger partial charge in [-0.05, 0) is 31.2 Å². The molecule has 2 fully saturated rings. The van der Waals surface area contributed by atoms with Crippen LogP contribution in [0.2, 0.25) is 0 Å². The molecule has 1 aliphatic carbocycles. The smallest absolute Gasteiger partial charge is 0.265 e. The lowest BCUT2D eigenvalue weighted by molar-refractivity contribution is -0.141. The van der Waals surface area contributed by atoms with E-state index in [1.807, 2.05) is 0 Å². The van der Waals surface area contributed by atoms with Crippen LogP contribution in [0.25, 0.3) is 10.4 Å². The minimum atomic E-state index is -0.909. The maximum Gasteiger partial charge on any atom is 0.265 e. The highest BCUT2D eigenvalue weighted by Crippen LogP contribution is 2.33. The first-order chi connectivity index (χ1) is 16.4. The minimum absolute atomic E-state index is 0.130. The standard InChI is InChI=1S/C23H26ClFN4O4S/c24-15-6-17(18(31)11-30)29(10-15)23(33)20(13-4-2-1-3-5-13)28-22(32)21-16(25)7-19(34-21)14-8-26-12-27-9-14/h7-9,12-13,15,17,20,30H,1-6,10-11H2,(H,28,32). The predicted octanol–water partition coefficient (Wildman–Crippen LogP) is 2.79. The molecule has 2 aromatic heterocycles. The van der Waals surface area contributed by atoms with Crippen molar-refractivity contribution in [1.82, 2.24) is 20.2 Å². The summed E-state index contributed by atoms with van der Waals surface area (Å²) in [6, 6.07) is -0.482. The lowest BCUT2D eigenvalue weighted by Crippen LogP contribution is -2.55. The van der Waals surface area contributed by atoms with Gasteiger partial charge >= 0.3 is 0 Å². The normalized spacial score (nSPS) is 21.9. The second-order valence-corrected chi connectivity index (χ2v) is 10.4. The first kappa shape index (κ1) is 24.7. The number of amides is 2. The fourth-order valence-corrected chi connectivity index (χ4v) is 6.00. The largest absolute Gasteiger partial charge is 0.389 e. The van der Waals surface area contributed by atoms with Crippen LogP contribution in [0, 0.1) is 11.7 Å². The van der Waals surface area contributed by atoms with Gasteiger partial charge in [0, 0.05) is 29.4 Å². The summed E-state index contributed by atoms with van der Waals surface area (Å²) < 4.78 is 14.7. The molecule has 3 atom stereocenters. The summed E-state index contributed by atoms with van der Waals surface area (Å²) in [7, 11) is 0. The molecule has 34 heavy (non-hydrogen) atoms. The van der Waals surface area contributed by atoms with Crippen molar-refractivity contribution >= 4 is 40.5 Å². The number of aliphatic hydroxyl groups is 1. The van der Waals surface area contributed by atoms with E-state index < -0.39 is 47.5 Å². The number of hydrogen-bond acceptors (Lipinski definition) is 7. The first-order valence-corrected chi connectivity index (χ1v) is 12.6. The summed E-state index contributed by atoms with van der Waals surface area (Å²) in [5.41, 5.74) is 0.584. The van der Waals surface area contributed by atoms with Crippen molar-refractivity contribution in [3.05, 3.63) is 35.5 Å². The van der Waals surface area contributed by atoms with E-state index in [-0.39, 0.29) is 23.8 Å². The number of carbonyl (C=O) groups is 3. The predicted molar refractivity (Wildman–Crippen MR) is 125 cm³/mol. The monoisotopic (exact) mass is 508 g/mol. The molecular weight excluding hydrogens is 483 g/mol. The number of aromatic nitrogens is 2. The molecule has 0 spiro atoms. The molecule has 2 N–H and O–H groups in total. The number of aliphatic hydroxyl groups excluding tert-OH is 1. The molecule has 8 nitrogen and oxygen atoms in total. The van der Waals surface area contributed by atoms with Gasteiger partial charge in [0.15, 0.2) is 5.78 Å². The number of hydrogen-bond donors (Lipinski definition) is 2. The Morgan fingerprint density at radius 3 is 2.62 bits per heavy atom. The van der Waals surface area contributed by atoms with Crippen molar-refractivity contribution in [3.63, 3.8) is 0 Å². The van der Waals surface area contributed by atoms with E-state index in [1.54, 1.807) is 0 Å². The fraction of sp³-hybridized carbons (Fsp3) is 0.522. The van der Waals surface area contributed by atoms with Gasteiger partial charge in [-0.3, -0.25) is 14.4 Å². The van der Waals surface area contributed by atoms with Crippen LogP contribution in [-0.2, 0) is 9.59 Å². The van der Waals surface area contributed by atoms with Crippen molar-refractivity contribution in [2.45, 2.75) is 56.0 Å². The molecular formula is C23H26ClFN4O4S. The maximum atomic E-state index is 14.7. The molecule has 2 aromatic rings. The van der Waals surface area contributed by atoms with Gasteiger partial charge in [0.1, 0.15) is 29.7 Å². The molecule has 2 amide bonds. The number of likely N-dealkylation sites (tertiary alicyclic amines) is 1. The lowest BCUT2D eigenvalue weighted by Gasteiger charge is -2.34. The lowest BCUT2D eigenvalue weighted by atomic mass is 9.83. The van der Waals surface area contributed by atoms with Crippen LogP contribution in [0.15, 0.2) is 24.8 Å². The second-order valence-electron chi connectivity index (χ2n) is 8.73. The average molecular weight is 509 g/mol. The Bertz CT molecular complexity index is 1050. The Balaban J connectivity index is 1.58. The number of carbonyl (C=O) groups excluding carboxylic acids is 3. The zero-order valence-electron chi connectivity index (χ0n) is 18.5. The van der Waals surface area contributed by atoms with E-state index in [0.29, 0.717) is 10.4 Å². The Hall–Kier alpha value is -2.43. The van der Waals surface area contributed by atoms with E-state index in [9.17, 15) is 23.9 Å². The van der Waals surface area contributed by atoms with Gasteiger partial charge in [0.2, 0.25) is 5.91 Å². The van der Waals surface area contributed by atoms with Crippen LogP contribution in [0.4, 0.5) is 4.39 Å². The summed E-state index contributed by atoms with van der Waals surface area (Å²) in [6.07, 6.45) is 9.05. The zero-order valence-corrected chi connectivity index (χ0v) is 20.0. The third-order valence-corrected chi connectivity index (χ3v) is 7.95. The summed E-state index contributed by atoms with van der Waals surface area (Å²) in [4.78, 5) is 48.6. The van der Waals surface area contributed by atoms with Crippen molar-refractivity contribution in [2.24, 2.45) is 5.92 Å². The number of nitrogens with zero attached hydrogens (tertiary/aromatic N) is 3. The van der Waals surface area contributed by atoms with E-state index in [2.05, 4.69) is 15.3 Å². The zero-order chi connectivity index (χ0) is 24.2. The topological polar surface area (TPSA) is 112 Å². The Morgan fingerprint density at radius 1 is 1.24 bits per heavy atom. The molecule has 0 radical (unpaired) electrons. The van der Waals surface area contributed by atoms with Gasteiger partial charge in [-0.25, -0.2) is 14.4 Å². The van der Waals surface area contributed by atoms with Crippen LogP contribution in [0.3, 0.4) is 0 Å². The van der Waals surface area contributed by atoms with Crippen LogP contribution in [0.1, 0.15) is 48.2 Å². The molecule has 3 heterocycles. The SMILES string of the molecule is O=C(NC(C(=O)N1CC(Cl)CC1C(=O)CO)C1CCCCC1)c1sc(-c2cncnc2)cc1F. The van der Waals surface area contributed by atoms with Crippen LogP contribution < -0.4 is 5.32 Å². The number of rotatable bonds is 7.